The van der Waals surface area contributed by atoms with Crippen molar-refractivity contribution in [3.05, 3.63) is 11.5 Å². The largest absolute Gasteiger partial charge is 0.493 e. The molecule has 0 N–H and O–H groups in total. The zero-order valence-electron chi connectivity index (χ0n) is 7.83. The van der Waals surface area contributed by atoms with Gasteiger partial charge in [-0.05, 0) is 0 Å². The number of methoxy groups -OCH3 is 3. The van der Waals surface area contributed by atoms with Crippen molar-refractivity contribution < 1.29 is 14.2 Å². The normalized spacial score (nSPS) is 27.7. The summed E-state index contributed by atoms with van der Waals surface area (Å²) in [6.45, 7) is 0.321. The summed E-state index contributed by atoms with van der Waals surface area (Å²) < 4.78 is 15.2. The first-order valence-electron chi connectivity index (χ1n) is 3.74. The molecule has 0 spiro atoms. The van der Waals surface area contributed by atoms with Gasteiger partial charge in [-0.15, -0.1) is 0 Å². The zero-order chi connectivity index (χ0) is 9.90. The molecule has 1 aliphatic heterocycles. The summed E-state index contributed by atoms with van der Waals surface area (Å²) in [6.07, 6.45) is 1.57. The van der Waals surface area contributed by atoms with Crippen molar-refractivity contribution in [2.75, 3.05) is 27.9 Å². The Morgan fingerprint density at radius 3 is 2.54 bits per heavy atom. The highest BCUT2D eigenvalue weighted by Crippen LogP contribution is 2.31. The number of nitrogens with zero attached hydrogens (tertiary/aromatic N) is 1. The minimum absolute atomic E-state index is 0.321. The second-order valence-electron chi connectivity index (χ2n) is 2.50. The number of alkyl halides is 1. The van der Waals surface area contributed by atoms with Crippen LogP contribution < -0.4 is 0 Å². The minimum Gasteiger partial charge on any atom is -0.493 e. The number of aliphatic imine (C=N–C) groups is 1. The molecule has 1 atom stereocenters. The topological polar surface area (TPSA) is 40.0 Å². The summed E-state index contributed by atoms with van der Waals surface area (Å²) in [5.74, 6) is 0.944. The molecule has 0 amide bonds. The molecule has 1 heterocycles. The Hall–Kier alpha value is -0.740. The van der Waals surface area contributed by atoms with Crippen LogP contribution in [0.3, 0.4) is 0 Å². The van der Waals surface area contributed by atoms with E-state index in [1.54, 1.807) is 6.21 Å². The molecule has 4 nitrogen and oxygen atoms in total. The Morgan fingerprint density at radius 2 is 2.08 bits per heavy atom. The standard InChI is InChI=1S/C8H12ClNO3/c1-11-6-4-10-5-8(9,13-3)7(6)12-2/h4H,5H2,1-3H3. The molecule has 0 fully saturated rings. The van der Waals surface area contributed by atoms with Gasteiger partial charge in [-0.3, -0.25) is 4.99 Å². The average molecular weight is 206 g/mol. The fraction of sp³-hybridized carbons (Fsp3) is 0.625. The highest BCUT2D eigenvalue weighted by atomic mass is 35.5. The summed E-state index contributed by atoms with van der Waals surface area (Å²) in [5.41, 5.74) is 0. The average Bonchev–Trinajstić information content (AvgIpc) is 2.17. The van der Waals surface area contributed by atoms with Gasteiger partial charge in [0, 0.05) is 7.11 Å². The molecule has 0 aromatic rings. The first-order valence-corrected chi connectivity index (χ1v) is 4.12. The van der Waals surface area contributed by atoms with Crippen molar-refractivity contribution in [2.24, 2.45) is 4.99 Å². The van der Waals surface area contributed by atoms with Crippen LogP contribution in [0.4, 0.5) is 0 Å². The fourth-order valence-corrected chi connectivity index (χ4v) is 1.36. The summed E-state index contributed by atoms with van der Waals surface area (Å²) in [4.78, 5) is 4.01. The molecule has 0 aliphatic carbocycles. The molecule has 0 aromatic heterocycles. The van der Waals surface area contributed by atoms with Crippen molar-refractivity contribution in [1.82, 2.24) is 0 Å². The van der Waals surface area contributed by atoms with E-state index < -0.39 is 5.06 Å². The number of ether oxygens (including phenoxy) is 3. The van der Waals surface area contributed by atoms with E-state index in [9.17, 15) is 0 Å². The maximum absolute atomic E-state index is 6.10. The van der Waals surface area contributed by atoms with Crippen LogP contribution in [0.2, 0.25) is 0 Å². The summed E-state index contributed by atoms with van der Waals surface area (Å²) in [5, 5.41) is -1.03. The Balaban J connectivity index is 3.04. The number of halogens is 1. The van der Waals surface area contributed by atoms with Crippen molar-refractivity contribution in [1.29, 1.82) is 0 Å². The molecule has 74 valence electrons. The molecular formula is C8H12ClNO3. The van der Waals surface area contributed by atoms with Crippen LogP contribution in [0.5, 0.6) is 0 Å². The van der Waals surface area contributed by atoms with Gasteiger partial charge < -0.3 is 14.2 Å². The Bertz CT molecular complexity index is 252. The van der Waals surface area contributed by atoms with E-state index in [1.807, 2.05) is 0 Å². The van der Waals surface area contributed by atoms with Crippen LogP contribution in [0.1, 0.15) is 0 Å². The van der Waals surface area contributed by atoms with Gasteiger partial charge in [0.15, 0.2) is 11.5 Å². The van der Waals surface area contributed by atoms with Crippen LogP contribution in [-0.2, 0) is 14.2 Å². The van der Waals surface area contributed by atoms with E-state index in [-0.39, 0.29) is 0 Å². The maximum atomic E-state index is 6.10. The molecule has 0 saturated heterocycles. The molecule has 13 heavy (non-hydrogen) atoms. The number of rotatable bonds is 3. The second kappa shape index (κ2) is 3.98. The van der Waals surface area contributed by atoms with E-state index >= 15 is 0 Å². The molecule has 1 unspecified atom stereocenters. The summed E-state index contributed by atoms with van der Waals surface area (Å²) in [6, 6.07) is 0. The third-order valence-corrected chi connectivity index (χ3v) is 2.26. The van der Waals surface area contributed by atoms with E-state index in [2.05, 4.69) is 4.99 Å². The molecule has 1 aliphatic rings. The van der Waals surface area contributed by atoms with Crippen LogP contribution in [0.25, 0.3) is 0 Å². The third-order valence-electron chi connectivity index (χ3n) is 1.81. The number of dihydropyridines is 1. The van der Waals surface area contributed by atoms with Gasteiger partial charge in [-0.25, -0.2) is 0 Å². The smallest absolute Gasteiger partial charge is 0.222 e. The maximum Gasteiger partial charge on any atom is 0.222 e. The summed E-state index contributed by atoms with van der Waals surface area (Å²) in [7, 11) is 4.54. The molecule has 0 aromatic carbocycles. The predicted octanol–water partition coefficient (Wildman–Crippen LogP) is 1.16. The van der Waals surface area contributed by atoms with Gasteiger partial charge in [0.2, 0.25) is 5.06 Å². The van der Waals surface area contributed by atoms with Gasteiger partial charge in [0.1, 0.15) is 0 Å². The van der Waals surface area contributed by atoms with Crippen LogP contribution in [-0.4, -0.2) is 39.1 Å². The Morgan fingerprint density at radius 1 is 1.38 bits per heavy atom. The highest BCUT2D eigenvalue weighted by Gasteiger charge is 2.38. The molecule has 0 bridgehead atoms. The highest BCUT2D eigenvalue weighted by molar-refractivity contribution is 6.25. The lowest BCUT2D eigenvalue weighted by atomic mass is 10.2. The van der Waals surface area contributed by atoms with Crippen molar-refractivity contribution >= 4 is 17.8 Å². The molecular weight excluding hydrogens is 194 g/mol. The first-order chi connectivity index (χ1) is 6.18. The third kappa shape index (κ3) is 1.78. The van der Waals surface area contributed by atoms with Gasteiger partial charge in [0.25, 0.3) is 0 Å². The number of allylic oxidation sites excluding steroid dienone is 1. The van der Waals surface area contributed by atoms with Gasteiger partial charge in [0.05, 0.1) is 27.0 Å². The van der Waals surface area contributed by atoms with Crippen molar-refractivity contribution in [3.8, 4) is 0 Å². The summed E-state index contributed by atoms with van der Waals surface area (Å²) >= 11 is 6.10. The van der Waals surface area contributed by atoms with E-state index in [1.165, 1.54) is 21.3 Å². The van der Waals surface area contributed by atoms with Crippen molar-refractivity contribution in [3.63, 3.8) is 0 Å². The van der Waals surface area contributed by atoms with Crippen LogP contribution in [0, 0.1) is 0 Å². The van der Waals surface area contributed by atoms with E-state index in [0.29, 0.717) is 18.1 Å². The van der Waals surface area contributed by atoms with Crippen LogP contribution in [0.15, 0.2) is 16.5 Å². The quantitative estimate of drug-likeness (QED) is 0.650. The fourth-order valence-electron chi connectivity index (χ4n) is 1.12. The van der Waals surface area contributed by atoms with Gasteiger partial charge in [-0.1, -0.05) is 11.6 Å². The van der Waals surface area contributed by atoms with E-state index in [4.69, 9.17) is 25.8 Å². The molecule has 5 heteroatoms. The second-order valence-corrected chi connectivity index (χ2v) is 3.11. The predicted molar refractivity (Wildman–Crippen MR) is 50.0 cm³/mol. The lowest BCUT2D eigenvalue weighted by Gasteiger charge is -2.28. The number of hydrogen-bond acceptors (Lipinski definition) is 4. The zero-order valence-corrected chi connectivity index (χ0v) is 8.59. The minimum atomic E-state index is -1.03. The first kappa shape index (κ1) is 10.3. The van der Waals surface area contributed by atoms with Crippen LogP contribution >= 0.6 is 11.6 Å². The monoisotopic (exact) mass is 205 g/mol. The number of hydrogen-bond donors (Lipinski definition) is 0. The Kier molecular flexibility index (Phi) is 3.17. The lowest BCUT2D eigenvalue weighted by molar-refractivity contribution is 0.0417. The molecule has 0 saturated carbocycles. The Labute approximate surface area is 82.1 Å². The SMILES string of the molecule is COC1=C(OC)C(Cl)(OC)CN=C1. The van der Waals surface area contributed by atoms with Gasteiger partial charge in [-0.2, -0.15) is 0 Å². The van der Waals surface area contributed by atoms with Crippen molar-refractivity contribution in [2.45, 2.75) is 5.06 Å². The van der Waals surface area contributed by atoms with E-state index in [0.717, 1.165) is 0 Å². The molecule has 1 rings (SSSR count). The van der Waals surface area contributed by atoms with Gasteiger partial charge >= 0.3 is 0 Å². The molecule has 0 radical (unpaired) electrons. The lowest BCUT2D eigenvalue weighted by Crippen LogP contribution is -2.35.